The van der Waals surface area contributed by atoms with E-state index in [-0.39, 0.29) is 6.04 Å². The minimum atomic E-state index is 0.133. The predicted octanol–water partition coefficient (Wildman–Crippen LogP) is 3.28. The Bertz CT molecular complexity index is 512. The molecule has 0 aromatic heterocycles. The molecule has 0 heterocycles. The largest absolute Gasteiger partial charge is 0.329 e. The number of hydrogen-bond acceptors (Lipinski definition) is 3. The van der Waals surface area contributed by atoms with Crippen LogP contribution < -0.4 is 16.8 Å². The van der Waals surface area contributed by atoms with Gasteiger partial charge in [0.05, 0.1) is 0 Å². The minimum Gasteiger partial charge on any atom is -0.329 e. The van der Waals surface area contributed by atoms with E-state index in [4.69, 9.17) is 11.5 Å². The quantitative estimate of drug-likeness (QED) is 0.520. The lowest BCUT2D eigenvalue weighted by Gasteiger charge is -2.19. The van der Waals surface area contributed by atoms with Gasteiger partial charge in [-0.1, -0.05) is 60.7 Å². The van der Waals surface area contributed by atoms with Gasteiger partial charge in [-0.3, -0.25) is 0 Å². The lowest BCUT2D eigenvalue weighted by molar-refractivity contribution is 0.438. The van der Waals surface area contributed by atoms with E-state index in [1.807, 2.05) is 0 Å². The van der Waals surface area contributed by atoms with Crippen LogP contribution in [0.25, 0.3) is 0 Å². The zero-order chi connectivity index (χ0) is 17.7. The van der Waals surface area contributed by atoms with Gasteiger partial charge in [-0.2, -0.15) is 0 Å². The van der Waals surface area contributed by atoms with Gasteiger partial charge in [0.2, 0.25) is 0 Å². The summed E-state index contributed by atoms with van der Waals surface area (Å²) in [5, 5.41) is 3.74. The van der Waals surface area contributed by atoms with Gasteiger partial charge in [-0.25, -0.2) is 0 Å². The maximum absolute atomic E-state index is 5.91. The average Bonchev–Trinajstić information content (AvgIpc) is 2.68. The summed E-state index contributed by atoms with van der Waals surface area (Å²) >= 11 is 0. The van der Waals surface area contributed by atoms with Crippen LogP contribution in [0.3, 0.4) is 0 Å². The van der Waals surface area contributed by atoms with Crippen LogP contribution in [0.15, 0.2) is 60.7 Å². The van der Waals surface area contributed by atoms with Crippen LogP contribution in [0.5, 0.6) is 0 Å². The van der Waals surface area contributed by atoms with Crippen molar-refractivity contribution in [1.29, 1.82) is 0 Å². The number of nitrogens with two attached hydrogens (primary N) is 2. The van der Waals surface area contributed by atoms with Crippen LogP contribution in [0.1, 0.15) is 36.8 Å². The normalized spacial score (nSPS) is 12.4. The van der Waals surface area contributed by atoms with Crippen LogP contribution in [-0.4, -0.2) is 25.2 Å². The highest BCUT2D eigenvalue weighted by atomic mass is 14.9. The Morgan fingerprint density at radius 2 is 1.28 bits per heavy atom. The zero-order valence-corrected chi connectivity index (χ0v) is 15.2. The molecule has 0 amide bonds. The molecule has 1 atom stereocenters. The van der Waals surface area contributed by atoms with Gasteiger partial charge >= 0.3 is 0 Å². The summed E-state index contributed by atoms with van der Waals surface area (Å²) in [7, 11) is 0. The molecule has 136 valence electrons. The first-order chi connectivity index (χ1) is 12.3. The molecule has 2 aromatic rings. The SMILES string of the molecule is NC[C@@H](N)CCCNC(CCc1ccccc1)CCc1ccccc1. The monoisotopic (exact) mass is 339 g/mol. The average molecular weight is 340 g/mol. The maximum atomic E-state index is 5.91. The first-order valence-electron chi connectivity index (χ1n) is 9.55. The summed E-state index contributed by atoms with van der Waals surface area (Å²) < 4.78 is 0. The predicted molar refractivity (Wildman–Crippen MR) is 108 cm³/mol. The molecule has 0 aliphatic rings. The lowest BCUT2D eigenvalue weighted by atomic mass is 9.99. The highest BCUT2D eigenvalue weighted by Crippen LogP contribution is 2.11. The molecule has 0 radical (unpaired) electrons. The van der Waals surface area contributed by atoms with Crippen molar-refractivity contribution in [2.24, 2.45) is 11.5 Å². The summed E-state index contributed by atoms with van der Waals surface area (Å²) in [6.45, 7) is 1.59. The molecule has 0 aliphatic carbocycles. The topological polar surface area (TPSA) is 64.1 Å². The van der Waals surface area contributed by atoms with E-state index in [2.05, 4.69) is 66.0 Å². The van der Waals surface area contributed by atoms with E-state index in [0.29, 0.717) is 12.6 Å². The Morgan fingerprint density at radius 1 is 0.760 bits per heavy atom. The Labute approximate surface area is 152 Å². The van der Waals surface area contributed by atoms with Crippen molar-refractivity contribution in [2.75, 3.05) is 13.1 Å². The molecule has 3 heteroatoms. The van der Waals surface area contributed by atoms with Crippen LogP contribution in [0, 0.1) is 0 Å². The Hall–Kier alpha value is -1.68. The molecule has 0 spiro atoms. The van der Waals surface area contributed by atoms with Gasteiger partial charge in [-0.15, -0.1) is 0 Å². The summed E-state index contributed by atoms with van der Waals surface area (Å²) in [4.78, 5) is 0. The molecule has 2 rings (SSSR count). The summed E-state index contributed by atoms with van der Waals surface area (Å²) in [5.74, 6) is 0. The van der Waals surface area contributed by atoms with E-state index < -0.39 is 0 Å². The molecular formula is C22H33N3. The molecule has 0 saturated carbocycles. The van der Waals surface area contributed by atoms with E-state index in [0.717, 1.165) is 32.2 Å². The molecule has 25 heavy (non-hydrogen) atoms. The van der Waals surface area contributed by atoms with Gasteiger partial charge in [0.25, 0.3) is 0 Å². The highest BCUT2D eigenvalue weighted by molar-refractivity contribution is 5.16. The number of benzene rings is 2. The van der Waals surface area contributed by atoms with Gasteiger partial charge in [0.15, 0.2) is 0 Å². The van der Waals surface area contributed by atoms with Crippen molar-refractivity contribution >= 4 is 0 Å². The van der Waals surface area contributed by atoms with Crippen LogP contribution in [0.4, 0.5) is 0 Å². The third-order valence-electron chi connectivity index (χ3n) is 4.74. The molecule has 0 unspecified atom stereocenters. The third-order valence-corrected chi connectivity index (χ3v) is 4.74. The van der Waals surface area contributed by atoms with E-state index in [1.165, 1.54) is 24.0 Å². The second kappa shape index (κ2) is 11.8. The fourth-order valence-electron chi connectivity index (χ4n) is 3.11. The van der Waals surface area contributed by atoms with Crippen molar-refractivity contribution in [3.8, 4) is 0 Å². The van der Waals surface area contributed by atoms with Crippen molar-refractivity contribution in [1.82, 2.24) is 5.32 Å². The molecule has 2 aromatic carbocycles. The number of aryl methyl sites for hydroxylation is 2. The fourth-order valence-corrected chi connectivity index (χ4v) is 3.11. The van der Waals surface area contributed by atoms with Crippen LogP contribution >= 0.6 is 0 Å². The smallest absolute Gasteiger partial charge is 0.0163 e. The lowest BCUT2D eigenvalue weighted by Crippen LogP contribution is -2.34. The number of nitrogens with one attached hydrogen (secondary N) is 1. The van der Waals surface area contributed by atoms with Crippen molar-refractivity contribution in [3.05, 3.63) is 71.8 Å². The highest BCUT2D eigenvalue weighted by Gasteiger charge is 2.09. The van der Waals surface area contributed by atoms with E-state index in [1.54, 1.807) is 0 Å². The van der Waals surface area contributed by atoms with Gasteiger partial charge in [0.1, 0.15) is 0 Å². The standard InChI is InChI=1S/C22H33N3/c23-18-21(24)12-7-17-25-22(15-13-19-8-3-1-4-9-19)16-14-20-10-5-2-6-11-20/h1-6,8-11,21-22,25H,7,12-18,23-24H2/t21-/m0/s1. The molecule has 0 saturated heterocycles. The Morgan fingerprint density at radius 3 is 1.76 bits per heavy atom. The van der Waals surface area contributed by atoms with Gasteiger partial charge in [0, 0.05) is 18.6 Å². The molecule has 0 fully saturated rings. The second-order valence-electron chi connectivity index (χ2n) is 6.84. The van der Waals surface area contributed by atoms with Crippen molar-refractivity contribution in [2.45, 2.75) is 50.6 Å². The van der Waals surface area contributed by atoms with Crippen molar-refractivity contribution < 1.29 is 0 Å². The van der Waals surface area contributed by atoms with Crippen LogP contribution in [0.2, 0.25) is 0 Å². The third kappa shape index (κ3) is 8.30. The minimum absolute atomic E-state index is 0.133. The molecule has 5 N–H and O–H groups in total. The molecule has 0 aliphatic heterocycles. The maximum Gasteiger partial charge on any atom is 0.0163 e. The van der Waals surface area contributed by atoms with Gasteiger partial charge < -0.3 is 16.8 Å². The van der Waals surface area contributed by atoms with Crippen LogP contribution in [-0.2, 0) is 12.8 Å². The van der Waals surface area contributed by atoms with E-state index in [9.17, 15) is 0 Å². The summed E-state index contributed by atoms with van der Waals surface area (Å²) in [6.07, 6.45) is 6.66. The second-order valence-corrected chi connectivity index (χ2v) is 6.84. The first-order valence-corrected chi connectivity index (χ1v) is 9.55. The molecule has 3 nitrogen and oxygen atoms in total. The fraction of sp³-hybridized carbons (Fsp3) is 0.455. The first kappa shape index (κ1) is 19.6. The summed E-state index contributed by atoms with van der Waals surface area (Å²) in [6, 6.07) is 22.2. The van der Waals surface area contributed by atoms with Gasteiger partial charge in [-0.05, 0) is 56.2 Å². The van der Waals surface area contributed by atoms with Crippen molar-refractivity contribution in [3.63, 3.8) is 0 Å². The molecular weight excluding hydrogens is 306 g/mol. The van der Waals surface area contributed by atoms with E-state index >= 15 is 0 Å². The molecule has 0 bridgehead atoms. The Balaban J connectivity index is 1.79. The zero-order valence-electron chi connectivity index (χ0n) is 15.2. The number of hydrogen-bond donors (Lipinski definition) is 3. The summed E-state index contributed by atoms with van der Waals surface area (Å²) in [5.41, 5.74) is 14.3. The Kier molecular flexibility index (Phi) is 9.27. The number of rotatable bonds is 12.